The highest BCUT2D eigenvalue weighted by atomic mass is 32.2. The molecule has 0 aromatic heterocycles. The molecule has 2 unspecified atom stereocenters. The number of carbonyl (C=O) groups excluding carboxylic acids is 1. The quantitative estimate of drug-likeness (QED) is 0.769. The fraction of sp³-hybridized carbons (Fsp3) is 0.917. The van der Waals surface area contributed by atoms with Gasteiger partial charge in [0.15, 0.2) is 0 Å². The van der Waals surface area contributed by atoms with Gasteiger partial charge in [-0.1, -0.05) is 0 Å². The lowest BCUT2D eigenvalue weighted by atomic mass is 10.1. The molecule has 0 bridgehead atoms. The molecule has 0 aromatic rings. The van der Waals surface area contributed by atoms with Gasteiger partial charge in [0.1, 0.15) is 0 Å². The third kappa shape index (κ3) is 3.36. The summed E-state index contributed by atoms with van der Waals surface area (Å²) in [7, 11) is 0. The lowest BCUT2D eigenvalue weighted by Gasteiger charge is -2.31. The van der Waals surface area contributed by atoms with E-state index in [1.165, 1.54) is 0 Å². The molecular formula is C12H22N2O2S. The van der Waals surface area contributed by atoms with E-state index in [1.54, 1.807) is 0 Å². The summed E-state index contributed by atoms with van der Waals surface area (Å²) < 4.78 is 0. The number of thioether (sulfide) groups is 1. The second-order valence-corrected chi connectivity index (χ2v) is 5.92. The SMILES string of the molecule is O=C(C1CSCCN1)N1CCCC1CCCO. The third-order valence-corrected chi connectivity index (χ3v) is 4.64. The molecule has 2 aliphatic rings. The number of carbonyl (C=O) groups is 1. The molecule has 2 fully saturated rings. The largest absolute Gasteiger partial charge is 0.396 e. The summed E-state index contributed by atoms with van der Waals surface area (Å²) >= 11 is 1.86. The Labute approximate surface area is 107 Å². The second-order valence-electron chi connectivity index (χ2n) is 4.78. The van der Waals surface area contributed by atoms with Gasteiger partial charge in [-0.25, -0.2) is 0 Å². The highest BCUT2D eigenvalue weighted by Crippen LogP contribution is 2.23. The number of rotatable bonds is 4. The summed E-state index contributed by atoms with van der Waals surface area (Å²) in [5, 5.41) is 12.2. The van der Waals surface area contributed by atoms with Crippen molar-refractivity contribution in [1.29, 1.82) is 0 Å². The van der Waals surface area contributed by atoms with Crippen LogP contribution in [0.1, 0.15) is 25.7 Å². The van der Waals surface area contributed by atoms with Crippen LogP contribution in [-0.4, -0.2) is 59.2 Å². The number of hydrogen-bond acceptors (Lipinski definition) is 4. The molecule has 1 amide bonds. The van der Waals surface area contributed by atoms with E-state index in [9.17, 15) is 4.79 Å². The van der Waals surface area contributed by atoms with Crippen LogP contribution in [0.5, 0.6) is 0 Å². The van der Waals surface area contributed by atoms with Gasteiger partial charge in [0.05, 0.1) is 6.04 Å². The number of hydrogen-bond donors (Lipinski definition) is 2. The Kier molecular flexibility index (Phi) is 5.13. The number of amides is 1. The number of nitrogens with one attached hydrogen (secondary N) is 1. The Hall–Kier alpha value is -0.260. The van der Waals surface area contributed by atoms with Gasteiger partial charge < -0.3 is 15.3 Å². The van der Waals surface area contributed by atoms with Crippen molar-refractivity contribution < 1.29 is 9.90 Å². The zero-order chi connectivity index (χ0) is 12.1. The van der Waals surface area contributed by atoms with Crippen LogP contribution in [0.4, 0.5) is 0 Å². The molecule has 2 aliphatic heterocycles. The predicted octanol–water partition coefficient (Wildman–Crippen LogP) is 0.455. The maximum atomic E-state index is 12.4. The van der Waals surface area contributed by atoms with Gasteiger partial charge in [0, 0.05) is 37.2 Å². The summed E-state index contributed by atoms with van der Waals surface area (Å²) in [6.07, 6.45) is 3.97. The van der Waals surface area contributed by atoms with Crippen LogP contribution >= 0.6 is 11.8 Å². The first kappa shape index (κ1) is 13.2. The van der Waals surface area contributed by atoms with Gasteiger partial charge in [-0.15, -0.1) is 0 Å². The van der Waals surface area contributed by atoms with Crippen LogP contribution in [0.15, 0.2) is 0 Å². The van der Waals surface area contributed by atoms with E-state index in [2.05, 4.69) is 5.32 Å². The van der Waals surface area contributed by atoms with Crippen molar-refractivity contribution in [2.45, 2.75) is 37.8 Å². The van der Waals surface area contributed by atoms with Crippen LogP contribution < -0.4 is 5.32 Å². The Morgan fingerprint density at radius 1 is 1.53 bits per heavy atom. The van der Waals surface area contributed by atoms with Crippen molar-refractivity contribution in [3.05, 3.63) is 0 Å². The summed E-state index contributed by atoms with van der Waals surface area (Å²) in [6, 6.07) is 0.381. The predicted molar refractivity (Wildman–Crippen MR) is 70.2 cm³/mol. The summed E-state index contributed by atoms with van der Waals surface area (Å²) in [5.41, 5.74) is 0. The molecule has 0 spiro atoms. The van der Waals surface area contributed by atoms with Crippen molar-refractivity contribution >= 4 is 17.7 Å². The van der Waals surface area contributed by atoms with Gasteiger partial charge in [0.2, 0.25) is 5.91 Å². The molecule has 5 heteroatoms. The first-order chi connectivity index (χ1) is 8.33. The molecule has 17 heavy (non-hydrogen) atoms. The fourth-order valence-electron chi connectivity index (χ4n) is 2.68. The zero-order valence-electron chi connectivity index (χ0n) is 10.2. The van der Waals surface area contributed by atoms with Crippen LogP contribution in [0.25, 0.3) is 0 Å². The van der Waals surface area contributed by atoms with Gasteiger partial charge >= 0.3 is 0 Å². The molecule has 2 atom stereocenters. The minimum atomic E-state index is 0.0171. The molecule has 4 nitrogen and oxygen atoms in total. The topological polar surface area (TPSA) is 52.6 Å². The highest BCUT2D eigenvalue weighted by molar-refractivity contribution is 7.99. The first-order valence-electron chi connectivity index (χ1n) is 6.55. The normalized spacial score (nSPS) is 29.6. The summed E-state index contributed by atoms with van der Waals surface area (Å²) in [5.74, 6) is 2.29. The maximum absolute atomic E-state index is 12.4. The first-order valence-corrected chi connectivity index (χ1v) is 7.71. The van der Waals surface area contributed by atoms with Crippen molar-refractivity contribution in [2.75, 3.05) is 31.2 Å². The molecule has 0 radical (unpaired) electrons. The lowest BCUT2D eigenvalue weighted by Crippen LogP contribution is -2.51. The van der Waals surface area contributed by atoms with Gasteiger partial charge in [0.25, 0.3) is 0 Å². The lowest BCUT2D eigenvalue weighted by molar-refractivity contribution is -0.133. The molecule has 2 N–H and O–H groups in total. The van der Waals surface area contributed by atoms with E-state index in [4.69, 9.17) is 5.11 Å². The average Bonchev–Trinajstić information content (AvgIpc) is 2.84. The van der Waals surface area contributed by atoms with Crippen LogP contribution in [0.3, 0.4) is 0 Å². The van der Waals surface area contributed by atoms with Crippen LogP contribution in [-0.2, 0) is 4.79 Å². The molecule has 2 heterocycles. The molecule has 2 saturated heterocycles. The summed E-state index contributed by atoms with van der Waals surface area (Å²) in [4.78, 5) is 14.4. The molecule has 98 valence electrons. The average molecular weight is 258 g/mol. The van der Waals surface area contributed by atoms with Crippen molar-refractivity contribution in [3.8, 4) is 0 Å². The van der Waals surface area contributed by atoms with Gasteiger partial charge in [-0.2, -0.15) is 11.8 Å². The molecule has 0 aliphatic carbocycles. The van der Waals surface area contributed by atoms with Crippen molar-refractivity contribution in [2.24, 2.45) is 0 Å². The number of nitrogens with zero attached hydrogens (tertiary/aromatic N) is 1. The fourth-order valence-corrected chi connectivity index (χ4v) is 3.60. The monoisotopic (exact) mass is 258 g/mol. The standard InChI is InChI=1S/C12H22N2O2S/c15-7-2-4-10-3-1-6-14(10)12(16)11-9-17-8-5-13-11/h10-11,13,15H,1-9H2. The highest BCUT2D eigenvalue weighted by Gasteiger charge is 2.33. The maximum Gasteiger partial charge on any atom is 0.240 e. The zero-order valence-corrected chi connectivity index (χ0v) is 11.0. The Balaban J connectivity index is 1.88. The Bertz CT molecular complexity index is 257. The second kappa shape index (κ2) is 6.61. The minimum absolute atomic E-state index is 0.0171. The molecule has 2 rings (SSSR count). The third-order valence-electron chi connectivity index (χ3n) is 3.58. The number of likely N-dealkylation sites (tertiary alicyclic amines) is 1. The number of aliphatic hydroxyl groups excluding tert-OH is 1. The van der Waals surface area contributed by atoms with E-state index >= 15 is 0 Å². The summed E-state index contributed by atoms with van der Waals surface area (Å²) in [6.45, 7) is 2.07. The van der Waals surface area contributed by atoms with E-state index < -0.39 is 0 Å². The smallest absolute Gasteiger partial charge is 0.240 e. The van der Waals surface area contributed by atoms with E-state index in [0.717, 1.165) is 50.3 Å². The van der Waals surface area contributed by atoms with E-state index in [0.29, 0.717) is 6.04 Å². The van der Waals surface area contributed by atoms with Gasteiger partial charge in [-0.3, -0.25) is 4.79 Å². The molecule has 0 aromatic carbocycles. The number of aliphatic hydroxyl groups is 1. The molecular weight excluding hydrogens is 236 g/mol. The Morgan fingerprint density at radius 3 is 3.12 bits per heavy atom. The van der Waals surface area contributed by atoms with E-state index in [1.807, 2.05) is 16.7 Å². The molecule has 0 saturated carbocycles. The van der Waals surface area contributed by atoms with Gasteiger partial charge in [-0.05, 0) is 25.7 Å². The van der Waals surface area contributed by atoms with Crippen molar-refractivity contribution in [3.63, 3.8) is 0 Å². The minimum Gasteiger partial charge on any atom is -0.396 e. The Morgan fingerprint density at radius 2 is 2.41 bits per heavy atom. The van der Waals surface area contributed by atoms with E-state index in [-0.39, 0.29) is 18.6 Å². The van der Waals surface area contributed by atoms with Crippen LogP contribution in [0, 0.1) is 0 Å². The van der Waals surface area contributed by atoms with Crippen LogP contribution in [0.2, 0.25) is 0 Å². The van der Waals surface area contributed by atoms with Crippen molar-refractivity contribution in [1.82, 2.24) is 10.2 Å².